The highest BCUT2D eigenvalue weighted by molar-refractivity contribution is 7.08. The van der Waals surface area contributed by atoms with Gasteiger partial charge in [-0.15, -0.1) is 16.7 Å². The van der Waals surface area contributed by atoms with Gasteiger partial charge in [-0.1, -0.05) is 43.5 Å². The van der Waals surface area contributed by atoms with E-state index >= 15 is 0 Å². The van der Waals surface area contributed by atoms with E-state index in [-0.39, 0.29) is 16.7 Å². The number of hydrogen-bond acceptors (Lipinski definition) is 4. The van der Waals surface area contributed by atoms with E-state index in [4.69, 9.17) is 11.6 Å². The van der Waals surface area contributed by atoms with Crippen LogP contribution >= 0.6 is 23.1 Å². The Morgan fingerprint density at radius 1 is 1.33 bits per heavy atom. The lowest BCUT2D eigenvalue weighted by molar-refractivity contribution is 0.102. The molecule has 6 heteroatoms. The lowest BCUT2D eigenvalue weighted by atomic mass is 9.91. The summed E-state index contributed by atoms with van der Waals surface area (Å²) < 4.78 is 3.91. The first-order valence-corrected chi connectivity index (χ1v) is 7.89. The standard InChI is InChI=1S/C15H18ClN3OS/c1-9(16)10-7-5-6-8-11(10)17-14(20)12-13(15(2,3)4)18-19-21-12/h5-9H,1-4H3,(H,17,20). The largest absolute Gasteiger partial charge is 0.321 e. The van der Waals surface area contributed by atoms with Crippen molar-refractivity contribution >= 4 is 34.7 Å². The van der Waals surface area contributed by atoms with Crippen molar-refractivity contribution < 1.29 is 4.79 Å². The molecule has 0 saturated carbocycles. The van der Waals surface area contributed by atoms with E-state index < -0.39 is 0 Å². The van der Waals surface area contributed by atoms with Gasteiger partial charge in [-0.05, 0) is 30.1 Å². The highest BCUT2D eigenvalue weighted by Gasteiger charge is 2.26. The van der Waals surface area contributed by atoms with Gasteiger partial charge in [0.15, 0.2) is 0 Å². The van der Waals surface area contributed by atoms with Gasteiger partial charge in [-0.25, -0.2) is 0 Å². The molecule has 0 aliphatic rings. The first-order valence-electron chi connectivity index (χ1n) is 6.68. The van der Waals surface area contributed by atoms with Gasteiger partial charge in [0.05, 0.1) is 11.1 Å². The van der Waals surface area contributed by atoms with Crippen molar-refractivity contribution in [1.82, 2.24) is 9.59 Å². The molecule has 0 bridgehead atoms. The van der Waals surface area contributed by atoms with Crippen molar-refractivity contribution in [2.75, 3.05) is 5.32 Å². The molecule has 0 fully saturated rings. The number of amides is 1. The SMILES string of the molecule is CC(Cl)c1ccccc1NC(=O)c1snnc1C(C)(C)C. The Kier molecular flexibility index (Phi) is 4.64. The molecule has 0 aliphatic heterocycles. The molecule has 4 nitrogen and oxygen atoms in total. The first-order chi connectivity index (χ1) is 9.80. The second-order valence-electron chi connectivity index (χ2n) is 5.86. The molecule has 1 aromatic carbocycles. The third-order valence-corrected chi connectivity index (χ3v) is 4.00. The molecular formula is C15H18ClN3OS. The van der Waals surface area contributed by atoms with Crippen molar-refractivity contribution in [1.29, 1.82) is 0 Å². The molecule has 0 aliphatic carbocycles. The number of alkyl halides is 1. The van der Waals surface area contributed by atoms with E-state index in [0.29, 0.717) is 10.6 Å². The summed E-state index contributed by atoms with van der Waals surface area (Å²) in [5.41, 5.74) is 2.10. The van der Waals surface area contributed by atoms with E-state index in [0.717, 1.165) is 22.8 Å². The average Bonchev–Trinajstić information content (AvgIpc) is 2.88. The number of para-hydroxylation sites is 1. The predicted octanol–water partition coefficient (Wildman–Crippen LogP) is 4.39. The van der Waals surface area contributed by atoms with E-state index in [2.05, 4.69) is 14.9 Å². The third-order valence-electron chi connectivity index (χ3n) is 3.04. The van der Waals surface area contributed by atoms with Crippen LogP contribution < -0.4 is 5.32 Å². The Hall–Kier alpha value is -1.46. The number of rotatable bonds is 3. The van der Waals surface area contributed by atoms with E-state index in [1.807, 2.05) is 52.0 Å². The van der Waals surface area contributed by atoms with Crippen LogP contribution in [0.5, 0.6) is 0 Å². The number of benzene rings is 1. The van der Waals surface area contributed by atoms with Crippen LogP contribution in [0, 0.1) is 0 Å². The van der Waals surface area contributed by atoms with Gasteiger partial charge in [-0.3, -0.25) is 4.79 Å². The molecule has 0 spiro atoms. The van der Waals surface area contributed by atoms with Gasteiger partial charge >= 0.3 is 0 Å². The number of carbonyl (C=O) groups is 1. The van der Waals surface area contributed by atoms with Crippen molar-refractivity contribution in [2.45, 2.75) is 38.5 Å². The minimum atomic E-state index is -0.223. The van der Waals surface area contributed by atoms with Gasteiger partial charge < -0.3 is 5.32 Å². The van der Waals surface area contributed by atoms with Crippen LogP contribution in [0.4, 0.5) is 5.69 Å². The van der Waals surface area contributed by atoms with Crippen LogP contribution in [0.2, 0.25) is 0 Å². The fourth-order valence-electron chi connectivity index (χ4n) is 1.97. The van der Waals surface area contributed by atoms with Crippen LogP contribution in [0.3, 0.4) is 0 Å². The zero-order valence-corrected chi connectivity index (χ0v) is 14.0. The number of hydrogen-bond donors (Lipinski definition) is 1. The smallest absolute Gasteiger partial charge is 0.269 e. The second-order valence-corrected chi connectivity index (χ2v) is 7.27. The maximum absolute atomic E-state index is 12.5. The van der Waals surface area contributed by atoms with Gasteiger partial charge in [0.2, 0.25) is 0 Å². The van der Waals surface area contributed by atoms with Gasteiger partial charge in [-0.2, -0.15) is 0 Å². The third kappa shape index (κ3) is 3.60. The molecule has 1 N–H and O–H groups in total. The molecular weight excluding hydrogens is 306 g/mol. The van der Waals surface area contributed by atoms with E-state index in [9.17, 15) is 4.79 Å². The van der Waals surface area contributed by atoms with Crippen molar-refractivity contribution in [3.05, 3.63) is 40.4 Å². The monoisotopic (exact) mass is 323 g/mol. The molecule has 2 rings (SSSR count). The number of halogens is 1. The highest BCUT2D eigenvalue weighted by Crippen LogP contribution is 2.29. The number of nitrogens with one attached hydrogen (secondary N) is 1. The van der Waals surface area contributed by atoms with Crippen molar-refractivity contribution in [3.8, 4) is 0 Å². The number of anilines is 1. The zero-order chi connectivity index (χ0) is 15.6. The fraction of sp³-hybridized carbons (Fsp3) is 0.400. The van der Waals surface area contributed by atoms with Gasteiger partial charge in [0.25, 0.3) is 5.91 Å². The molecule has 21 heavy (non-hydrogen) atoms. The second kappa shape index (κ2) is 6.12. The summed E-state index contributed by atoms with van der Waals surface area (Å²) in [6, 6.07) is 7.52. The summed E-state index contributed by atoms with van der Waals surface area (Å²) in [5, 5.41) is 6.83. The maximum Gasteiger partial charge on any atom is 0.269 e. The Morgan fingerprint density at radius 2 is 2.00 bits per heavy atom. The molecule has 1 amide bonds. The first kappa shape index (κ1) is 15.9. The molecule has 0 radical (unpaired) electrons. The number of aromatic nitrogens is 2. The minimum absolute atomic E-state index is 0.178. The van der Waals surface area contributed by atoms with Crippen LogP contribution in [0.25, 0.3) is 0 Å². The van der Waals surface area contributed by atoms with Crippen LogP contribution in [-0.4, -0.2) is 15.5 Å². The summed E-state index contributed by atoms with van der Waals surface area (Å²) in [6.45, 7) is 7.90. The average molecular weight is 324 g/mol. The summed E-state index contributed by atoms with van der Waals surface area (Å²) in [5.74, 6) is -0.195. The van der Waals surface area contributed by atoms with Crippen molar-refractivity contribution in [3.63, 3.8) is 0 Å². The lowest BCUT2D eigenvalue weighted by Crippen LogP contribution is -2.20. The Labute approximate surface area is 133 Å². The van der Waals surface area contributed by atoms with Crippen LogP contribution in [0.15, 0.2) is 24.3 Å². The molecule has 2 aromatic rings. The van der Waals surface area contributed by atoms with Crippen molar-refractivity contribution in [2.24, 2.45) is 0 Å². The molecule has 1 aromatic heterocycles. The lowest BCUT2D eigenvalue weighted by Gasteiger charge is -2.17. The molecule has 1 heterocycles. The minimum Gasteiger partial charge on any atom is -0.321 e. The predicted molar refractivity (Wildman–Crippen MR) is 87.3 cm³/mol. The fourth-order valence-corrected chi connectivity index (χ4v) is 2.93. The van der Waals surface area contributed by atoms with Gasteiger partial charge in [0, 0.05) is 11.1 Å². The van der Waals surface area contributed by atoms with Crippen LogP contribution in [-0.2, 0) is 5.41 Å². The Morgan fingerprint density at radius 3 is 2.62 bits per heavy atom. The summed E-state index contributed by atoms with van der Waals surface area (Å²) >= 11 is 7.26. The number of carbonyl (C=O) groups excluding carboxylic acids is 1. The quantitative estimate of drug-likeness (QED) is 0.852. The topological polar surface area (TPSA) is 54.9 Å². The zero-order valence-electron chi connectivity index (χ0n) is 12.5. The summed E-state index contributed by atoms with van der Waals surface area (Å²) in [6.07, 6.45) is 0. The Bertz CT molecular complexity index is 646. The molecule has 0 saturated heterocycles. The van der Waals surface area contributed by atoms with Crippen LogP contribution in [0.1, 0.15) is 54.0 Å². The maximum atomic E-state index is 12.5. The molecule has 1 atom stereocenters. The summed E-state index contributed by atoms with van der Waals surface area (Å²) in [4.78, 5) is 13.0. The van der Waals surface area contributed by atoms with Gasteiger partial charge in [0.1, 0.15) is 4.88 Å². The normalized spacial score (nSPS) is 13.0. The molecule has 112 valence electrons. The Balaban J connectivity index is 2.30. The highest BCUT2D eigenvalue weighted by atomic mass is 35.5. The van der Waals surface area contributed by atoms with E-state index in [1.165, 1.54) is 0 Å². The molecule has 1 unspecified atom stereocenters. The number of nitrogens with zero attached hydrogens (tertiary/aromatic N) is 2. The summed E-state index contributed by atoms with van der Waals surface area (Å²) in [7, 11) is 0. The van der Waals surface area contributed by atoms with E-state index in [1.54, 1.807) is 0 Å².